The average molecular weight is 263 g/mol. The van der Waals surface area contributed by atoms with E-state index in [1.54, 1.807) is 6.07 Å². The minimum absolute atomic E-state index is 0.173. The first-order chi connectivity index (χ1) is 8.67. The van der Waals surface area contributed by atoms with E-state index >= 15 is 0 Å². The van der Waals surface area contributed by atoms with Crippen molar-refractivity contribution in [2.24, 2.45) is 0 Å². The topological polar surface area (TPSA) is 63.8 Å². The normalized spacial score (nSPS) is 10.3. The van der Waals surface area contributed by atoms with Gasteiger partial charge in [-0.05, 0) is 17.5 Å². The van der Waals surface area contributed by atoms with Crippen molar-refractivity contribution in [1.29, 1.82) is 0 Å². The monoisotopic (exact) mass is 262 g/mol. The van der Waals surface area contributed by atoms with Crippen LogP contribution >= 0.6 is 11.6 Å². The third-order valence-electron chi connectivity index (χ3n) is 2.62. The molecule has 1 heterocycles. The molecule has 1 aromatic heterocycles. The Morgan fingerprint density at radius 3 is 2.44 bits per heavy atom. The van der Waals surface area contributed by atoms with Gasteiger partial charge in [-0.2, -0.15) is 4.98 Å². The Labute approximate surface area is 111 Å². The van der Waals surface area contributed by atoms with Crippen LogP contribution in [0.4, 0.5) is 11.8 Å². The standard InChI is InChI=1S/C13H15ClN4/c1-2-9-3-5-10(6-4-9)8-16-12-7-11(14)17-13(15)18-12/h3-7H,2,8H2,1H3,(H3,15,16,17,18). The Morgan fingerprint density at radius 1 is 1.17 bits per heavy atom. The SMILES string of the molecule is CCc1ccc(CNc2cc(Cl)nc(N)n2)cc1. The summed E-state index contributed by atoms with van der Waals surface area (Å²) in [7, 11) is 0. The number of nitrogens with one attached hydrogen (secondary N) is 1. The molecule has 2 rings (SSSR count). The molecular formula is C13H15ClN4. The third-order valence-corrected chi connectivity index (χ3v) is 2.81. The molecule has 0 unspecified atom stereocenters. The number of nitrogens with two attached hydrogens (primary N) is 1. The summed E-state index contributed by atoms with van der Waals surface area (Å²) in [5.41, 5.74) is 8.03. The van der Waals surface area contributed by atoms with Gasteiger partial charge < -0.3 is 11.1 Å². The predicted octanol–water partition coefficient (Wildman–Crippen LogP) is 2.89. The number of nitrogens with zero attached hydrogens (tertiary/aromatic N) is 2. The molecule has 0 aliphatic rings. The third kappa shape index (κ3) is 3.34. The lowest BCUT2D eigenvalue weighted by Gasteiger charge is -2.07. The van der Waals surface area contributed by atoms with Crippen LogP contribution in [0.2, 0.25) is 5.15 Å². The molecule has 94 valence electrons. The van der Waals surface area contributed by atoms with Gasteiger partial charge in [-0.3, -0.25) is 0 Å². The van der Waals surface area contributed by atoms with E-state index in [4.69, 9.17) is 17.3 Å². The molecule has 1 aromatic carbocycles. The summed E-state index contributed by atoms with van der Waals surface area (Å²) in [5, 5.41) is 3.50. The summed E-state index contributed by atoms with van der Waals surface area (Å²) in [5.74, 6) is 0.804. The molecule has 0 spiro atoms. The zero-order valence-corrected chi connectivity index (χ0v) is 10.9. The molecular weight excluding hydrogens is 248 g/mol. The zero-order valence-electron chi connectivity index (χ0n) is 10.2. The Kier molecular flexibility index (Phi) is 3.99. The fraction of sp³-hybridized carbons (Fsp3) is 0.231. The maximum atomic E-state index is 5.80. The van der Waals surface area contributed by atoms with Gasteiger partial charge in [0.1, 0.15) is 11.0 Å². The molecule has 18 heavy (non-hydrogen) atoms. The van der Waals surface area contributed by atoms with Crippen LogP contribution < -0.4 is 11.1 Å². The van der Waals surface area contributed by atoms with Crippen LogP contribution in [0, 0.1) is 0 Å². The van der Waals surface area contributed by atoms with Crippen LogP contribution in [0.5, 0.6) is 0 Å². The quantitative estimate of drug-likeness (QED) is 0.832. The zero-order chi connectivity index (χ0) is 13.0. The first kappa shape index (κ1) is 12.6. The number of benzene rings is 1. The number of aryl methyl sites for hydroxylation is 1. The Balaban J connectivity index is 2.01. The molecule has 4 nitrogen and oxygen atoms in total. The lowest BCUT2D eigenvalue weighted by molar-refractivity contribution is 1.08. The van der Waals surface area contributed by atoms with Gasteiger partial charge in [0.05, 0.1) is 0 Å². The van der Waals surface area contributed by atoms with Crippen molar-refractivity contribution in [2.75, 3.05) is 11.1 Å². The van der Waals surface area contributed by atoms with Gasteiger partial charge in [-0.25, -0.2) is 4.98 Å². The summed E-state index contributed by atoms with van der Waals surface area (Å²) in [4.78, 5) is 7.86. The largest absolute Gasteiger partial charge is 0.368 e. The Bertz CT molecular complexity index is 505. The molecule has 0 radical (unpaired) electrons. The number of rotatable bonds is 4. The number of aromatic nitrogens is 2. The summed E-state index contributed by atoms with van der Waals surface area (Å²) >= 11 is 5.80. The van der Waals surface area contributed by atoms with Gasteiger partial charge in [0, 0.05) is 12.6 Å². The smallest absolute Gasteiger partial charge is 0.223 e. The molecule has 5 heteroatoms. The lowest BCUT2D eigenvalue weighted by Crippen LogP contribution is -2.04. The Morgan fingerprint density at radius 2 is 1.83 bits per heavy atom. The van der Waals surface area contributed by atoms with Gasteiger partial charge in [0.2, 0.25) is 5.95 Å². The van der Waals surface area contributed by atoms with Gasteiger partial charge in [0.15, 0.2) is 0 Å². The van der Waals surface area contributed by atoms with Crippen molar-refractivity contribution >= 4 is 23.4 Å². The number of nitrogen functional groups attached to an aromatic ring is 1. The maximum Gasteiger partial charge on any atom is 0.223 e. The molecule has 0 bridgehead atoms. The molecule has 0 atom stereocenters. The summed E-state index contributed by atoms with van der Waals surface area (Å²) in [6.45, 7) is 2.82. The highest BCUT2D eigenvalue weighted by atomic mass is 35.5. The second-order valence-electron chi connectivity index (χ2n) is 3.96. The summed E-state index contributed by atoms with van der Waals surface area (Å²) in [6, 6.07) is 10.1. The van der Waals surface area contributed by atoms with Crippen molar-refractivity contribution < 1.29 is 0 Å². The average Bonchev–Trinajstić information content (AvgIpc) is 2.36. The molecule has 0 saturated heterocycles. The van der Waals surface area contributed by atoms with Crippen molar-refractivity contribution in [1.82, 2.24) is 9.97 Å². The number of anilines is 2. The van der Waals surface area contributed by atoms with Gasteiger partial charge in [-0.1, -0.05) is 42.8 Å². The van der Waals surface area contributed by atoms with Crippen molar-refractivity contribution in [3.63, 3.8) is 0 Å². The van der Waals surface area contributed by atoms with Crippen LogP contribution in [0.3, 0.4) is 0 Å². The van der Waals surface area contributed by atoms with Crippen molar-refractivity contribution in [3.05, 3.63) is 46.6 Å². The molecule has 2 aromatic rings. The molecule has 0 aliphatic carbocycles. The van der Waals surface area contributed by atoms with E-state index in [0.717, 1.165) is 6.42 Å². The molecule has 0 saturated carbocycles. The highest BCUT2D eigenvalue weighted by molar-refractivity contribution is 6.29. The number of hydrogen-bond donors (Lipinski definition) is 2. The lowest BCUT2D eigenvalue weighted by atomic mass is 10.1. The first-order valence-electron chi connectivity index (χ1n) is 5.79. The molecule has 0 aliphatic heterocycles. The van der Waals surface area contributed by atoms with Crippen LogP contribution in [0.1, 0.15) is 18.1 Å². The van der Waals surface area contributed by atoms with E-state index in [2.05, 4.69) is 46.5 Å². The fourth-order valence-electron chi connectivity index (χ4n) is 1.61. The van der Waals surface area contributed by atoms with E-state index in [1.807, 2.05) is 0 Å². The van der Waals surface area contributed by atoms with E-state index < -0.39 is 0 Å². The number of halogens is 1. The second-order valence-corrected chi connectivity index (χ2v) is 4.34. The molecule has 0 amide bonds. The Hall–Kier alpha value is -1.81. The summed E-state index contributed by atoms with van der Waals surface area (Å²) in [6.07, 6.45) is 1.05. The molecule has 3 N–H and O–H groups in total. The van der Waals surface area contributed by atoms with Crippen LogP contribution in [-0.2, 0) is 13.0 Å². The fourth-order valence-corrected chi connectivity index (χ4v) is 1.80. The van der Waals surface area contributed by atoms with E-state index in [0.29, 0.717) is 17.5 Å². The summed E-state index contributed by atoms with van der Waals surface area (Å²) < 4.78 is 0. The van der Waals surface area contributed by atoms with Crippen LogP contribution in [-0.4, -0.2) is 9.97 Å². The van der Waals surface area contributed by atoms with Crippen LogP contribution in [0.25, 0.3) is 0 Å². The minimum Gasteiger partial charge on any atom is -0.368 e. The minimum atomic E-state index is 0.173. The van der Waals surface area contributed by atoms with E-state index in [-0.39, 0.29) is 5.95 Å². The van der Waals surface area contributed by atoms with Crippen molar-refractivity contribution in [2.45, 2.75) is 19.9 Å². The van der Waals surface area contributed by atoms with Gasteiger partial charge in [-0.15, -0.1) is 0 Å². The van der Waals surface area contributed by atoms with Crippen LogP contribution in [0.15, 0.2) is 30.3 Å². The van der Waals surface area contributed by atoms with Gasteiger partial charge >= 0.3 is 0 Å². The molecule has 0 fully saturated rings. The highest BCUT2D eigenvalue weighted by Gasteiger charge is 2.00. The number of hydrogen-bond acceptors (Lipinski definition) is 4. The first-order valence-corrected chi connectivity index (χ1v) is 6.17. The highest BCUT2D eigenvalue weighted by Crippen LogP contribution is 2.14. The maximum absolute atomic E-state index is 5.80. The second kappa shape index (κ2) is 5.69. The van der Waals surface area contributed by atoms with E-state index in [1.165, 1.54) is 11.1 Å². The predicted molar refractivity (Wildman–Crippen MR) is 74.6 cm³/mol. The van der Waals surface area contributed by atoms with Gasteiger partial charge in [0.25, 0.3) is 0 Å². The van der Waals surface area contributed by atoms with E-state index in [9.17, 15) is 0 Å². The van der Waals surface area contributed by atoms with Crippen molar-refractivity contribution in [3.8, 4) is 0 Å².